The van der Waals surface area contributed by atoms with Gasteiger partial charge in [0.1, 0.15) is 6.04 Å². The predicted molar refractivity (Wildman–Crippen MR) is 65.0 cm³/mol. The molecule has 0 spiro atoms. The smallest absolute Gasteiger partial charge is 0.255 e. The van der Waals surface area contributed by atoms with E-state index in [0.29, 0.717) is 10.8 Å². The van der Waals surface area contributed by atoms with Crippen LogP contribution < -0.4 is 10.2 Å². The average molecular weight is 236 g/mol. The molecule has 1 atom stereocenters. The van der Waals surface area contributed by atoms with Gasteiger partial charge in [-0.2, -0.15) is 0 Å². The van der Waals surface area contributed by atoms with Gasteiger partial charge in [0.25, 0.3) is 5.91 Å². The molecule has 5 heteroatoms. The number of carbonyl (C=O) groups excluding carboxylic acids is 1. The molecule has 1 aliphatic rings. The summed E-state index contributed by atoms with van der Waals surface area (Å²) in [5.74, 6) is -0.0694. The number of thiocarbonyl (C=S) groups is 1. The van der Waals surface area contributed by atoms with Crippen molar-refractivity contribution in [3.8, 4) is 0 Å². The molecule has 2 rings (SSSR count). The highest BCUT2D eigenvalue weighted by Crippen LogP contribution is 2.20. The Morgan fingerprint density at radius 2 is 2.31 bits per heavy atom. The average Bonchev–Trinajstić information content (AvgIpc) is 2.53. The Hall–Kier alpha value is -1.46. The first kappa shape index (κ1) is 11.0. The van der Waals surface area contributed by atoms with Gasteiger partial charge < -0.3 is 10.4 Å². The minimum Gasteiger partial charge on any atom is -0.392 e. The van der Waals surface area contributed by atoms with Gasteiger partial charge in [-0.3, -0.25) is 9.69 Å². The van der Waals surface area contributed by atoms with Crippen LogP contribution in [0.25, 0.3) is 0 Å². The van der Waals surface area contributed by atoms with E-state index in [1.54, 1.807) is 31.2 Å². The normalized spacial score (nSPS) is 20.1. The highest BCUT2D eigenvalue weighted by molar-refractivity contribution is 7.80. The zero-order valence-electron chi connectivity index (χ0n) is 8.80. The first-order chi connectivity index (χ1) is 7.63. The van der Waals surface area contributed by atoms with E-state index in [2.05, 4.69) is 5.32 Å². The van der Waals surface area contributed by atoms with Crippen LogP contribution in [-0.4, -0.2) is 22.2 Å². The topological polar surface area (TPSA) is 52.6 Å². The number of hydrogen-bond acceptors (Lipinski definition) is 3. The molecule has 2 N–H and O–H groups in total. The van der Waals surface area contributed by atoms with Crippen molar-refractivity contribution in [1.29, 1.82) is 0 Å². The summed E-state index contributed by atoms with van der Waals surface area (Å²) in [4.78, 5) is 13.3. The highest BCUT2D eigenvalue weighted by Gasteiger charge is 2.33. The highest BCUT2D eigenvalue weighted by atomic mass is 32.1. The van der Waals surface area contributed by atoms with Gasteiger partial charge in [-0.05, 0) is 36.8 Å². The van der Waals surface area contributed by atoms with Crippen LogP contribution in [0.15, 0.2) is 24.3 Å². The molecular weight excluding hydrogens is 224 g/mol. The second-order valence-electron chi connectivity index (χ2n) is 3.67. The molecule has 1 fully saturated rings. The molecule has 1 heterocycles. The summed E-state index contributed by atoms with van der Waals surface area (Å²) in [6.45, 7) is 1.72. The Morgan fingerprint density at radius 3 is 2.88 bits per heavy atom. The number of anilines is 1. The molecule has 16 heavy (non-hydrogen) atoms. The van der Waals surface area contributed by atoms with Crippen LogP contribution in [0.3, 0.4) is 0 Å². The first-order valence-electron chi connectivity index (χ1n) is 4.97. The maximum Gasteiger partial charge on any atom is 0.255 e. The van der Waals surface area contributed by atoms with Crippen molar-refractivity contribution in [1.82, 2.24) is 5.32 Å². The van der Waals surface area contributed by atoms with Crippen LogP contribution >= 0.6 is 12.2 Å². The lowest BCUT2D eigenvalue weighted by Crippen LogP contribution is -2.30. The molecule has 84 valence electrons. The summed E-state index contributed by atoms with van der Waals surface area (Å²) >= 11 is 5.09. The Balaban J connectivity index is 2.36. The zero-order chi connectivity index (χ0) is 11.7. The van der Waals surface area contributed by atoms with E-state index in [0.717, 1.165) is 5.56 Å². The van der Waals surface area contributed by atoms with Crippen LogP contribution in [0.5, 0.6) is 0 Å². The van der Waals surface area contributed by atoms with E-state index in [9.17, 15) is 4.79 Å². The van der Waals surface area contributed by atoms with Crippen molar-refractivity contribution in [3.63, 3.8) is 0 Å². The Kier molecular flexibility index (Phi) is 2.89. The molecule has 1 aliphatic heterocycles. The standard InChI is InChI=1S/C11H12N2O2S/c1-7-10(15)13(11(16)12-7)9-4-2-3-8(5-9)6-14/h2-5,7,14H,6H2,1H3,(H,12,16)/t7-/m1/s1. The van der Waals surface area contributed by atoms with Crippen LogP contribution in [0.1, 0.15) is 12.5 Å². The third-order valence-electron chi connectivity index (χ3n) is 2.49. The summed E-state index contributed by atoms with van der Waals surface area (Å²) in [7, 11) is 0. The van der Waals surface area contributed by atoms with E-state index in [1.165, 1.54) is 4.90 Å². The molecule has 4 nitrogen and oxygen atoms in total. The Bertz CT molecular complexity index is 447. The Morgan fingerprint density at radius 1 is 1.56 bits per heavy atom. The van der Waals surface area contributed by atoms with Crippen molar-refractivity contribution in [2.24, 2.45) is 0 Å². The van der Waals surface area contributed by atoms with Crippen LogP contribution in [0, 0.1) is 0 Å². The van der Waals surface area contributed by atoms with Crippen LogP contribution in [0.4, 0.5) is 5.69 Å². The Labute approximate surface area is 98.9 Å². The second-order valence-corrected chi connectivity index (χ2v) is 4.06. The van der Waals surface area contributed by atoms with Gasteiger partial charge in [-0.15, -0.1) is 0 Å². The summed E-state index contributed by atoms with van der Waals surface area (Å²) < 4.78 is 0. The molecular formula is C11H12N2O2S. The first-order valence-corrected chi connectivity index (χ1v) is 5.38. The molecule has 0 unspecified atom stereocenters. The van der Waals surface area contributed by atoms with Gasteiger partial charge in [0.05, 0.1) is 12.3 Å². The van der Waals surface area contributed by atoms with E-state index < -0.39 is 0 Å². The second kappa shape index (κ2) is 4.19. The summed E-state index contributed by atoms with van der Waals surface area (Å²) in [6.07, 6.45) is 0. The van der Waals surface area contributed by atoms with E-state index in [1.807, 2.05) is 0 Å². The molecule has 0 aromatic heterocycles. The number of nitrogens with one attached hydrogen (secondary N) is 1. The minimum atomic E-state index is -0.287. The van der Waals surface area contributed by atoms with Gasteiger partial charge >= 0.3 is 0 Å². The fourth-order valence-corrected chi connectivity index (χ4v) is 2.02. The van der Waals surface area contributed by atoms with Crippen LogP contribution in [-0.2, 0) is 11.4 Å². The minimum absolute atomic E-state index is 0.0500. The van der Waals surface area contributed by atoms with E-state index in [-0.39, 0.29) is 18.6 Å². The van der Waals surface area contributed by atoms with Gasteiger partial charge in [-0.1, -0.05) is 12.1 Å². The van der Waals surface area contributed by atoms with E-state index >= 15 is 0 Å². The van der Waals surface area contributed by atoms with Crippen molar-refractivity contribution >= 4 is 28.9 Å². The third kappa shape index (κ3) is 1.79. The van der Waals surface area contributed by atoms with Crippen molar-refractivity contribution in [2.75, 3.05) is 4.90 Å². The monoisotopic (exact) mass is 236 g/mol. The maximum absolute atomic E-state index is 11.8. The summed E-state index contributed by atoms with van der Waals surface area (Å²) in [5, 5.41) is 12.3. The number of amides is 1. The zero-order valence-corrected chi connectivity index (χ0v) is 9.62. The largest absolute Gasteiger partial charge is 0.392 e. The fourth-order valence-electron chi connectivity index (χ4n) is 1.64. The SMILES string of the molecule is C[C@H]1NC(=S)N(c2cccc(CO)c2)C1=O. The van der Waals surface area contributed by atoms with Gasteiger partial charge in [0.2, 0.25) is 0 Å². The quantitative estimate of drug-likeness (QED) is 0.745. The van der Waals surface area contributed by atoms with Crippen LogP contribution in [0.2, 0.25) is 0 Å². The molecule has 0 aliphatic carbocycles. The number of aliphatic hydroxyl groups is 1. The number of rotatable bonds is 2. The molecule has 1 saturated heterocycles. The summed E-state index contributed by atoms with van der Waals surface area (Å²) in [6, 6.07) is 6.85. The molecule has 0 bridgehead atoms. The summed E-state index contributed by atoms with van der Waals surface area (Å²) in [5.41, 5.74) is 1.45. The molecule has 1 aromatic rings. The maximum atomic E-state index is 11.8. The van der Waals surface area contributed by atoms with E-state index in [4.69, 9.17) is 17.3 Å². The lowest BCUT2D eigenvalue weighted by Gasteiger charge is -2.15. The number of hydrogen-bond donors (Lipinski definition) is 2. The molecule has 0 radical (unpaired) electrons. The number of carbonyl (C=O) groups is 1. The lowest BCUT2D eigenvalue weighted by atomic mass is 10.2. The van der Waals surface area contributed by atoms with Crippen molar-refractivity contribution < 1.29 is 9.90 Å². The van der Waals surface area contributed by atoms with Gasteiger partial charge in [-0.25, -0.2) is 0 Å². The molecule has 1 aromatic carbocycles. The third-order valence-corrected chi connectivity index (χ3v) is 2.79. The van der Waals surface area contributed by atoms with Crippen molar-refractivity contribution in [2.45, 2.75) is 19.6 Å². The lowest BCUT2D eigenvalue weighted by molar-refractivity contribution is -0.117. The van der Waals surface area contributed by atoms with Crippen molar-refractivity contribution in [3.05, 3.63) is 29.8 Å². The molecule has 0 saturated carbocycles. The number of aliphatic hydroxyl groups excluding tert-OH is 1. The fraction of sp³-hybridized carbons (Fsp3) is 0.273. The predicted octanol–water partition coefficient (Wildman–Crippen LogP) is 0.788. The van der Waals surface area contributed by atoms with Gasteiger partial charge in [0.15, 0.2) is 5.11 Å². The molecule has 1 amide bonds. The van der Waals surface area contributed by atoms with Gasteiger partial charge in [0, 0.05) is 0 Å². The number of benzene rings is 1. The number of nitrogens with zero attached hydrogens (tertiary/aromatic N) is 1.